The molecule has 29 heavy (non-hydrogen) atoms. The van der Waals surface area contributed by atoms with Crippen molar-refractivity contribution in [2.45, 2.75) is 11.8 Å². The number of sulfonamides is 1. The number of halogens is 4. The summed E-state index contributed by atoms with van der Waals surface area (Å²) in [6.45, 7) is 2.60. The molecule has 0 aliphatic carbocycles. The maximum atomic E-state index is 13.6. The van der Waals surface area contributed by atoms with E-state index in [9.17, 15) is 26.0 Å². The lowest BCUT2D eigenvalue weighted by atomic mass is 10.1. The quantitative estimate of drug-likeness (QED) is 0.340. The summed E-state index contributed by atoms with van der Waals surface area (Å²) < 4.78 is 85.1. The molecule has 0 saturated carbocycles. The minimum atomic E-state index is -3.67. The molecule has 0 spiro atoms. The molecule has 1 aliphatic rings. The predicted molar refractivity (Wildman–Crippen MR) is 95.9 cm³/mol. The van der Waals surface area contributed by atoms with Crippen molar-refractivity contribution < 1.29 is 30.7 Å². The van der Waals surface area contributed by atoms with E-state index in [-0.39, 0.29) is 23.7 Å². The summed E-state index contributed by atoms with van der Waals surface area (Å²) in [6, 6.07) is 5.64. The van der Waals surface area contributed by atoms with Gasteiger partial charge in [0, 0.05) is 13.1 Å². The van der Waals surface area contributed by atoms with Crippen LogP contribution in [0.2, 0.25) is 0 Å². The van der Waals surface area contributed by atoms with Crippen LogP contribution in [-0.2, 0) is 14.8 Å². The Morgan fingerprint density at radius 1 is 1.07 bits per heavy atom. The lowest BCUT2D eigenvalue weighted by Gasteiger charge is -2.26. The third-order valence-electron chi connectivity index (χ3n) is 4.21. The van der Waals surface area contributed by atoms with Crippen LogP contribution >= 0.6 is 0 Å². The predicted octanol–water partition coefficient (Wildman–Crippen LogP) is 2.50. The molecular formula is C17H16F4N4O3S. The Hall–Kier alpha value is -2.57. The van der Waals surface area contributed by atoms with Gasteiger partial charge >= 0.3 is 0 Å². The van der Waals surface area contributed by atoms with Gasteiger partial charge in [0.05, 0.1) is 23.8 Å². The van der Waals surface area contributed by atoms with E-state index in [0.717, 1.165) is 0 Å². The number of hydrogen-bond donors (Lipinski definition) is 1. The number of nitrogens with one attached hydrogen (secondary N) is 1. The molecule has 0 unspecified atom stereocenters. The fourth-order valence-electron chi connectivity index (χ4n) is 2.59. The van der Waals surface area contributed by atoms with Crippen molar-refractivity contribution in [2.75, 3.05) is 31.7 Å². The van der Waals surface area contributed by atoms with E-state index < -0.39 is 39.2 Å². The van der Waals surface area contributed by atoms with Gasteiger partial charge in [-0.05, 0) is 24.6 Å². The van der Waals surface area contributed by atoms with Crippen molar-refractivity contribution in [1.29, 1.82) is 0 Å². The van der Waals surface area contributed by atoms with Crippen LogP contribution in [0, 0.1) is 23.5 Å². The van der Waals surface area contributed by atoms with Crippen molar-refractivity contribution in [2.24, 2.45) is 5.10 Å². The SMILES string of the molecule is C/C(=N\Nc1c(F)c(F)nc(F)c1F)c1ccc(S(=O)(=O)N2CCOCC2)cc1. The fraction of sp³-hybridized carbons (Fsp3) is 0.294. The fourth-order valence-corrected chi connectivity index (χ4v) is 4.00. The number of nitrogens with zero attached hydrogens (tertiary/aromatic N) is 3. The van der Waals surface area contributed by atoms with Gasteiger partial charge < -0.3 is 4.74 Å². The van der Waals surface area contributed by atoms with Crippen LogP contribution in [0.1, 0.15) is 12.5 Å². The van der Waals surface area contributed by atoms with E-state index in [1.165, 1.54) is 35.5 Å². The zero-order chi connectivity index (χ0) is 21.2. The van der Waals surface area contributed by atoms with Crippen LogP contribution < -0.4 is 5.43 Å². The monoisotopic (exact) mass is 432 g/mol. The molecule has 0 radical (unpaired) electrons. The molecule has 1 aliphatic heterocycles. The molecule has 0 bridgehead atoms. The highest BCUT2D eigenvalue weighted by molar-refractivity contribution is 7.89. The summed E-state index contributed by atoms with van der Waals surface area (Å²) in [5, 5.41) is 3.70. The zero-order valence-corrected chi connectivity index (χ0v) is 15.9. The van der Waals surface area contributed by atoms with Crippen molar-refractivity contribution >= 4 is 21.4 Å². The van der Waals surface area contributed by atoms with Crippen molar-refractivity contribution in [1.82, 2.24) is 9.29 Å². The molecule has 1 aromatic carbocycles. The van der Waals surface area contributed by atoms with Crippen molar-refractivity contribution in [3.63, 3.8) is 0 Å². The highest BCUT2D eigenvalue weighted by Crippen LogP contribution is 2.22. The smallest absolute Gasteiger partial charge is 0.254 e. The van der Waals surface area contributed by atoms with Crippen LogP contribution in [-0.4, -0.2) is 49.7 Å². The van der Waals surface area contributed by atoms with Gasteiger partial charge in [-0.3, -0.25) is 5.43 Å². The normalized spacial score (nSPS) is 16.1. The number of rotatable bonds is 5. The Labute approximate surface area is 164 Å². The summed E-state index contributed by atoms with van der Waals surface area (Å²) in [7, 11) is -3.67. The Kier molecular flexibility index (Phi) is 6.15. The lowest BCUT2D eigenvalue weighted by molar-refractivity contribution is 0.0730. The van der Waals surface area contributed by atoms with Gasteiger partial charge in [0.15, 0.2) is 0 Å². The molecule has 3 rings (SSSR count). The largest absolute Gasteiger partial charge is 0.379 e. The number of morpholine rings is 1. The maximum Gasteiger partial charge on any atom is 0.254 e. The molecular weight excluding hydrogens is 416 g/mol. The second kappa shape index (κ2) is 8.43. The van der Waals surface area contributed by atoms with Gasteiger partial charge in [0.25, 0.3) is 11.9 Å². The molecule has 1 N–H and O–H groups in total. The standard InChI is InChI=1S/C17H16F4N4O3S/c1-10(23-24-15-13(18)16(20)22-17(21)14(15)19)11-2-4-12(5-3-11)29(26,27)25-6-8-28-9-7-25/h2-5H,6-9H2,1H3,(H,22,24)/b23-10+. The Bertz CT molecular complexity index is 1010. The van der Waals surface area contributed by atoms with Gasteiger partial charge in [0.1, 0.15) is 5.69 Å². The molecule has 2 aromatic rings. The second-order valence-corrected chi connectivity index (χ2v) is 7.98. The van der Waals surface area contributed by atoms with E-state index in [2.05, 4.69) is 10.1 Å². The van der Waals surface area contributed by atoms with E-state index >= 15 is 0 Å². The third-order valence-corrected chi connectivity index (χ3v) is 6.13. The molecule has 156 valence electrons. The Balaban J connectivity index is 1.80. The van der Waals surface area contributed by atoms with E-state index in [4.69, 9.17) is 4.74 Å². The first-order valence-corrected chi connectivity index (χ1v) is 9.84. The van der Waals surface area contributed by atoms with Crippen molar-refractivity contribution in [3.8, 4) is 0 Å². The first-order chi connectivity index (χ1) is 13.7. The van der Waals surface area contributed by atoms with Crippen LogP contribution in [0.3, 0.4) is 0 Å². The summed E-state index contributed by atoms with van der Waals surface area (Å²) >= 11 is 0. The van der Waals surface area contributed by atoms with Crippen LogP contribution in [0.4, 0.5) is 23.2 Å². The first-order valence-electron chi connectivity index (χ1n) is 8.40. The summed E-state index contributed by atoms with van der Waals surface area (Å²) in [4.78, 5) is 2.52. The highest BCUT2D eigenvalue weighted by Gasteiger charge is 2.26. The van der Waals surface area contributed by atoms with Gasteiger partial charge in [-0.1, -0.05) is 12.1 Å². The molecule has 12 heteroatoms. The third kappa shape index (κ3) is 4.38. The number of anilines is 1. The van der Waals surface area contributed by atoms with Gasteiger partial charge in [-0.15, -0.1) is 0 Å². The topological polar surface area (TPSA) is 83.9 Å². The van der Waals surface area contributed by atoms with Crippen LogP contribution in [0.5, 0.6) is 0 Å². The lowest BCUT2D eigenvalue weighted by Crippen LogP contribution is -2.40. The first kappa shape index (κ1) is 21.1. The molecule has 1 aromatic heterocycles. The molecule has 0 atom stereocenters. The van der Waals surface area contributed by atoms with Crippen LogP contribution in [0.15, 0.2) is 34.3 Å². The van der Waals surface area contributed by atoms with E-state index in [0.29, 0.717) is 18.8 Å². The number of hydrazone groups is 1. The average molecular weight is 432 g/mol. The molecule has 1 saturated heterocycles. The Morgan fingerprint density at radius 3 is 2.17 bits per heavy atom. The summed E-state index contributed by atoms with van der Waals surface area (Å²) in [6.07, 6.45) is 0. The minimum Gasteiger partial charge on any atom is -0.379 e. The number of ether oxygens (including phenoxy) is 1. The number of benzene rings is 1. The van der Waals surface area contributed by atoms with Gasteiger partial charge in [0.2, 0.25) is 21.7 Å². The second-order valence-electron chi connectivity index (χ2n) is 6.05. The average Bonchev–Trinajstić information content (AvgIpc) is 2.73. The van der Waals surface area contributed by atoms with Crippen LogP contribution in [0.25, 0.3) is 0 Å². The molecule has 1 fully saturated rings. The van der Waals surface area contributed by atoms with Gasteiger partial charge in [-0.25, -0.2) is 8.42 Å². The van der Waals surface area contributed by atoms with Crippen molar-refractivity contribution in [3.05, 3.63) is 53.4 Å². The Morgan fingerprint density at radius 2 is 1.62 bits per heavy atom. The number of pyridine rings is 1. The zero-order valence-electron chi connectivity index (χ0n) is 15.1. The number of hydrogen-bond acceptors (Lipinski definition) is 6. The summed E-state index contributed by atoms with van der Waals surface area (Å²) in [5.74, 6) is -7.05. The molecule has 2 heterocycles. The number of aromatic nitrogens is 1. The maximum absolute atomic E-state index is 13.6. The minimum absolute atomic E-state index is 0.0688. The van der Waals surface area contributed by atoms with E-state index in [1.54, 1.807) is 0 Å². The molecule has 0 amide bonds. The van der Waals surface area contributed by atoms with E-state index in [1.807, 2.05) is 5.43 Å². The summed E-state index contributed by atoms with van der Waals surface area (Å²) in [5.41, 5.74) is 1.43. The molecule has 7 nitrogen and oxygen atoms in total. The highest BCUT2D eigenvalue weighted by atomic mass is 32.2. The van der Waals surface area contributed by atoms with Gasteiger partial charge in [-0.2, -0.15) is 32.0 Å².